The lowest BCUT2D eigenvalue weighted by Crippen LogP contribution is -2.19. The highest BCUT2D eigenvalue weighted by atomic mass is 16.5. The Labute approximate surface area is 127 Å². The van der Waals surface area contributed by atoms with E-state index in [0.29, 0.717) is 18.8 Å². The lowest BCUT2D eigenvalue weighted by molar-refractivity contribution is 0.275. The number of rotatable bonds is 5. The molecule has 0 spiro atoms. The molecular formula is C16H17N3O3. The number of nitrogens with one attached hydrogen (secondary N) is 1. The van der Waals surface area contributed by atoms with Crippen molar-refractivity contribution in [2.24, 2.45) is 0 Å². The van der Waals surface area contributed by atoms with E-state index in [2.05, 4.69) is 9.97 Å². The van der Waals surface area contributed by atoms with Gasteiger partial charge in [-0.15, -0.1) is 0 Å². The number of imidazole rings is 1. The van der Waals surface area contributed by atoms with Crippen molar-refractivity contribution in [2.45, 2.75) is 13.1 Å². The second kappa shape index (κ2) is 6.03. The minimum absolute atomic E-state index is 0.180. The number of fused-ring (bicyclic) bond motifs is 1. The van der Waals surface area contributed by atoms with Crippen LogP contribution in [0.25, 0.3) is 11.0 Å². The van der Waals surface area contributed by atoms with Crippen molar-refractivity contribution in [3.8, 4) is 5.75 Å². The Bertz CT molecular complexity index is 805. The maximum Gasteiger partial charge on any atom is 0.227 e. The lowest BCUT2D eigenvalue weighted by Gasteiger charge is -2.14. The van der Waals surface area contributed by atoms with Gasteiger partial charge in [-0.3, -0.25) is 9.69 Å². The number of methoxy groups -OCH3 is 1. The minimum Gasteiger partial charge on any atom is -0.490 e. The normalized spacial score (nSPS) is 11.2. The van der Waals surface area contributed by atoms with Crippen LogP contribution in [0.2, 0.25) is 0 Å². The van der Waals surface area contributed by atoms with Crippen LogP contribution in [-0.4, -0.2) is 29.0 Å². The van der Waals surface area contributed by atoms with E-state index >= 15 is 0 Å². The molecule has 0 bridgehead atoms. The van der Waals surface area contributed by atoms with E-state index in [1.54, 1.807) is 0 Å². The summed E-state index contributed by atoms with van der Waals surface area (Å²) in [4.78, 5) is 21.5. The molecule has 1 N–H and O–H groups in total. The van der Waals surface area contributed by atoms with Crippen LogP contribution in [0.3, 0.4) is 0 Å². The van der Waals surface area contributed by atoms with Gasteiger partial charge < -0.3 is 14.1 Å². The van der Waals surface area contributed by atoms with E-state index in [1.165, 1.54) is 19.4 Å². The second-order valence-electron chi connectivity index (χ2n) is 5.15. The lowest BCUT2D eigenvalue weighted by atomic mass is 10.3. The SMILES string of the molecule is COc1coc(CN(C)Cc2nc3ccccc3[nH]2)cc1=O. The Kier molecular flexibility index (Phi) is 3.93. The van der Waals surface area contributed by atoms with Crippen molar-refractivity contribution in [2.75, 3.05) is 14.2 Å². The molecule has 2 heterocycles. The predicted molar refractivity (Wildman–Crippen MR) is 82.8 cm³/mol. The number of nitrogens with zero attached hydrogens (tertiary/aromatic N) is 2. The van der Waals surface area contributed by atoms with E-state index < -0.39 is 0 Å². The van der Waals surface area contributed by atoms with Crippen LogP contribution in [-0.2, 0) is 13.1 Å². The van der Waals surface area contributed by atoms with E-state index in [9.17, 15) is 4.79 Å². The summed E-state index contributed by atoms with van der Waals surface area (Å²) in [7, 11) is 3.39. The van der Waals surface area contributed by atoms with Gasteiger partial charge in [-0.2, -0.15) is 0 Å². The molecule has 0 aliphatic heterocycles. The van der Waals surface area contributed by atoms with Crippen LogP contribution in [0, 0.1) is 0 Å². The number of hydrogen-bond donors (Lipinski definition) is 1. The molecule has 3 aromatic rings. The highest BCUT2D eigenvalue weighted by Gasteiger charge is 2.09. The Morgan fingerprint density at radius 3 is 2.86 bits per heavy atom. The molecule has 1 aromatic carbocycles. The van der Waals surface area contributed by atoms with Crippen molar-refractivity contribution in [1.29, 1.82) is 0 Å². The average Bonchev–Trinajstić information content (AvgIpc) is 2.89. The highest BCUT2D eigenvalue weighted by Crippen LogP contribution is 2.13. The zero-order valence-corrected chi connectivity index (χ0v) is 12.5. The van der Waals surface area contributed by atoms with Gasteiger partial charge in [-0.25, -0.2) is 4.98 Å². The first-order valence-electron chi connectivity index (χ1n) is 6.93. The number of hydrogen-bond acceptors (Lipinski definition) is 5. The van der Waals surface area contributed by atoms with Crippen molar-refractivity contribution in [1.82, 2.24) is 14.9 Å². The van der Waals surface area contributed by atoms with Crippen molar-refractivity contribution < 1.29 is 9.15 Å². The van der Waals surface area contributed by atoms with Gasteiger partial charge in [0.15, 0.2) is 0 Å². The van der Waals surface area contributed by atoms with Crippen LogP contribution >= 0.6 is 0 Å². The number of aromatic amines is 1. The van der Waals surface area contributed by atoms with E-state index in [0.717, 1.165) is 16.9 Å². The van der Waals surface area contributed by atoms with Crippen LogP contribution in [0.1, 0.15) is 11.6 Å². The van der Waals surface area contributed by atoms with Gasteiger partial charge in [0.2, 0.25) is 11.2 Å². The van der Waals surface area contributed by atoms with E-state index in [4.69, 9.17) is 9.15 Å². The molecule has 2 aromatic heterocycles. The zero-order chi connectivity index (χ0) is 15.5. The van der Waals surface area contributed by atoms with Crippen LogP contribution in [0.5, 0.6) is 5.75 Å². The molecule has 0 amide bonds. The summed E-state index contributed by atoms with van der Waals surface area (Å²) in [6.07, 6.45) is 1.34. The zero-order valence-electron chi connectivity index (χ0n) is 12.5. The Morgan fingerprint density at radius 2 is 2.14 bits per heavy atom. The summed E-state index contributed by atoms with van der Waals surface area (Å²) >= 11 is 0. The van der Waals surface area contributed by atoms with Gasteiger partial charge in [0.1, 0.15) is 17.8 Å². The molecule has 0 aliphatic carbocycles. The van der Waals surface area contributed by atoms with Crippen LogP contribution in [0.15, 0.2) is 45.8 Å². The fourth-order valence-electron chi connectivity index (χ4n) is 2.33. The Morgan fingerprint density at radius 1 is 1.32 bits per heavy atom. The molecule has 0 fully saturated rings. The van der Waals surface area contributed by atoms with Gasteiger partial charge in [-0.05, 0) is 19.2 Å². The highest BCUT2D eigenvalue weighted by molar-refractivity contribution is 5.74. The molecule has 0 atom stereocenters. The fourth-order valence-corrected chi connectivity index (χ4v) is 2.33. The van der Waals surface area contributed by atoms with Gasteiger partial charge >= 0.3 is 0 Å². The third-order valence-electron chi connectivity index (χ3n) is 3.36. The standard InChI is InChI=1S/C16H17N3O3/c1-19(8-11-7-14(20)15(21-2)10-22-11)9-16-17-12-5-3-4-6-13(12)18-16/h3-7,10H,8-9H2,1-2H3,(H,17,18). The van der Waals surface area contributed by atoms with E-state index in [1.807, 2.05) is 36.2 Å². The summed E-state index contributed by atoms with van der Waals surface area (Å²) in [6.45, 7) is 1.14. The molecule has 22 heavy (non-hydrogen) atoms. The maximum atomic E-state index is 11.7. The second-order valence-corrected chi connectivity index (χ2v) is 5.15. The molecule has 6 nitrogen and oxygen atoms in total. The maximum absolute atomic E-state index is 11.7. The van der Waals surface area contributed by atoms with Crippen molar-refractivity contribution in [3.05, 3.63) is 58.4 Å². The summed E-state index contributed by atoms with van der Waals surface area (Å²) in [6, 6.07) is 9.35. The molecule has 0 unspecified atom stereocenters. The van der Waals surface area contributed by atoms with Gasteiger partial charge in [0.05, 0.1) is 31.2 Å². The quantitative estimate of drug-likeness (QED) is 0.781. The molecule has 6 heteroatoms. The summed E-state index contributed by atoms with van der Waals surface area (Å²) in [5, 5.41) is 0. The average molecular weight is 299 g/mol. The van der Waals surface area contributed by atoms with Gasteiger partial charge in [-0.1, -0.05) is 12.1 Å². The summed E-state index contributed by atoms with van der Waals surface area (Å²) in [5.74, 6) is 1.67. The third kappa shape index (κ3) is 3.01. The number of aromatic nitrogens is 2. The molecule has 0 saturated carbocycles. The Hall–Kier alpha value is -2.60. The first-order chi connectivity index (χ1) is 10.7. The van der Waals surface area contributed by atoms with Gasteiger partial charge in [0, 0.05) is 6.07 Å². The molecular weight excluding hydrogens is 282 g/mol. The van der Waals surface area contributed by atoms with Crippen LogP contribution in [0.4, 0.5) is 0 Å². The smallest absolute Gasteiger partial charge is 0.227 e. The van der Waals surface area contributed by atoms with Crippen molar-refractivity contribution in [3.63, 3.8) is 0 Å². The first kappa shape index (κ1) is 14.3. The Balaban J connectivity index is 1.70. The molecule has 0 saturated heterocycles. The predicted octanol–water partition coefficient (Wildman–Crippen LogP) is 2.16. The summed E-state index contributed by atoms with van der Waals surface area (Å²) in [5.41, 5.74) is 1.78. The number of ether oxygens (including phenoxy) is 1. The van der Waals surface area contributed by atoms with Gasteiger partial charge in [0.25, 0.3) is 0 Å². The van der Waals surface area contributed by atoms with Crippen molar-refractivity contribution >= 4 is 11.0 Å². The monoisotopic (exact) mass is 299 g/mol. The first-order valence-corrected chi connectivity index (χ1v) is 6.93. The number of H-pyrrole nitrogens is 1. The summed E-state index contributed by atoms with van der Waals surface area (Å²) < 4.78 is 10.3. The topological polar surface area (TPSA) is 71.4 Å². The largest absolute Gasteiger partial charge is 0.490 e. The number of benzene rings is 1. The fraction of sp³-hybridized carbons (Fsp3) is 0.250. The number of para-hydroxylation sites is 2. The van der Waals surface area contributed by atoms with E-state index in [-0.39, 0.29) is 11.2 Å². The molecule has 3 rings (SSSR count). The molecule has 0 radical (unpaired) electrons. The minimum atomic E-state index is -0.180. The third-order valence-corrected chi connectivity index (χ3v) is 3.36. The molecule has 114 valence electrons. The van der Waals surface area contributed by atoms with Crippen LogP contribution < -0.4 is 10.2 Å². The molecule has 0 aliphatic rings.